The molecule has 16 nitrogen and oxygen atoms in total. The van der Waals surface area contributed by atoms with E-state index >= 15 is 0 Å². The van der Waals surface area contributed by atoms with Gasteiger partial charge in [0, 0.05) is 51.0 Å². The van der Waals surface area contributed by atoms with E-state index in [0.717, 1.165) is 5.56 Å². The van der Waals surface area contributed by atoms with Crippen molar-refractivity contribution in [3.05, 3.63) is 35.9 Å². The molecular formula is C46H76N2O14. The standard InChI is InChI=1S/C46H76N2O14/c1-15-33-46(10,54)38(51)27(4)35(49)25(2)22-44(8,55-13)39(61-42-36(50)32(48(11)12)21-26(3)57-42)28(5)37(29(6)41(52)59-33)60-34-23-45(9,56-14)40(30(7)58-34)62-43(53)47-24-31-19-17-16-18-20-31/h16-20,25-30,32-34,36-40,42,50-51,54H,15,21-24H2,1-14H3,(H,47,53)/t25-,26-,27+,28+,29-,30+,32+,33-,34?,36-,37+,38-,39-,40+,42+,44-,45-,46-/m1/s1. The maximum absolute atomic E-state index is 14.4. The van der Waals surface area contributed by atoms with Crippen molar-refractivity contribution in [2.24, 2.45) is 23.7 Å². The number of rotatable bonds is 11. The third kappa shape index (κ3) is 11.7. The minimum Gasteiger partial charge on any atom is -0.459 e. The fraction of sp³-hybridized carbons (Fsp3) is 0.804. The van der Waals surface area contributed by atoms with E-state index in [9.17, 15) is 29.7 Å². The van der Waals surface area contributed by atoms with Crippen LogP contribution in [0.1, 0.15) is 100 Å². The number of carbonyl (C=O) groups excluding carboxylic acids is 3. The van der Waals surface area contributed by atoms with Gasteiger partial charge in [-0.1, -0.05) is 58.0 Å². The molecule has 0 bridgehead atoms. The fourth-order valence-corrected chi connectivity index (χ4v) is 9.72. The van der Waals surface area contributed by atoms with Crippen molar-refractivity contribution in [2.75, 3.05) is 28.3 Å². The fourth-order valence-electron chi connectivity index (χ4n) is 9.72. The van der Waals surface area contributed by atoms with Gasteiger partial charge in [0.15, 0.2) is 18.7 Å². The molecule has 1 aromatic carbocycles. The Morgan fingerprint density at radius 1 is 0.887 bits per heavy atom. The van der Waals surface area contributed by atoms with E-state index < -0.39 is 108 Å². The van der Waals surface area contributed by atoms with Crippen molar-refractivity contribution in [3.63, 3.8) is 0 Å². The number of hydrogen-bond acceptors (Lipinski definition) is 15. The van der Waals surface area contributed by atoms with Crippen LogP contribution >= 0.6 is 0 Å². The second-order valence-corrected chi connectivity index (χ2v) is 18.9. The highest BCUT2D eigenvalue weighted by Crippen LogP contribution is 2.42. The maximum atomic E-state index is 14.4. The molecule has 16 heteroatoms. The maximum Gasteiger partial charge on any atom is 0.407 e. The second kappa shape index (κ2) is 21.5. The molecule has 0 aromatic heterocycles. The second-order valence-electron chi connectivity index (χ2n) is 18.9. The van der Waals surface area contributed by atoms with Crippen molar-refractivity contribution in [1.82, 2.24) is 10.2 Å². The third-order valence-electron chi connectivity index (χ3n) is 13.7. The van der Waals surface area contributed by atoms with Crippen LogP contribution < -0.4 is 5.32 Å². The van der Waals surface area contributed by atoms with Gasteiger partial charge >= 0.3 is 12.1 Å². The SMILES string of the molecule is CC[C@H]1OC(=O)[C@H](C)[C@@H](OC2C[C@@](C)(OC)[C@@H](OC(=O)NCc3ccccc3)[C@H](C)O2)[C@H](C)[C@@H](O[C@@H]2O[C@H](C)C[C@H](N(C)C)[C@H]2O)[C@](C)(OC)C[C@@H](C)C(=O)[C@H](C)[C@@H](O)[C@]1(C)O. The summed E-state index contributed by atoms with van der Waals surface area (Å²) in [6.45, 7) is 17.3. The van der Waals surface area contributed by atoms with E-state index in [2.05, 4.69) is 5.32 Å². The summed E-state index contributed by atoms with van der Waals surface area (Å²) in [6, 6.07) is 9.12. The number of carbonyl (C=O) groups is 3. The normalized spacial score (nSPS) is 42.8. The molecule has 1 aromatic rings. The Morgan fingerprint density at radius 2 is 1.50 bits per heavy atom. The van der Waals surface area contributed by atoms with Gasteiger partial charge in [-0.3, -0.25) is 9.59 Å². The minimum absolute atomic E-state index is 0.0664. The van der Waals surface area contributed by atoms with Crippen molar-refractivity contribution in [2.45, 2.75) is 186 Å². The van der Waals surface area contributed by atoms with Crippen LogP contribution in [-0.4, -0.2) is 151 Å². The molecule has 18 atom stereocenters. The summed E-state index contributed by atoms with van der Waals surface area (Å²) in [5, 5.41) is 37.8. The number of alkyl carbamates (subject to hydrolysis) is 1. The van der Waals surface area contributed by atoms with E-state index in [4.69, 9.17) is 37.9 Å². The summed E-state index contributed by atoms with van der Waals surface area (Å²) in [6.07, 6.45) is -9.86. The number of nitrogens with zero attached hydrogens (tertiary/aromatic N) is 1. The van der Waals surface area contributed by atoms with Gasteiger partial charge in [-0.2, -0.15) is 0 Å². The molecule has 354 valence electrons. The van der Waals surface area contributed by atoms with Crippen molar-refractivity contribution in [3.8, 4) is 0 Å². The van der Waals surface area contributed by atoms with Crippen LogP contribution in [0.15, 0.2) is 30.3 Å². The molecular weight excluding hydrogens is 805 g/mol. The average molecular weight is 881 g/mol. The lowest BCUT2D eigenvalue weighted by Gasteiger charge is -2.50. The Labute approximate surface area is 368 Å². The number of aliphatic hydroxyl groups excluding tert-OH is 2. The summed E-state index contributed by atoms with van der Waals surface area (Å²) in [7, 11) is 6.76. The Bertz CT molecular complexity index is 1620. The first-order chi connectivity index (χ1) is 28.9. The minimum atomic E-state index is -2.00. The highest BCUT2D eigenvalue weighted by atomic mass is 16.7. The summed E-state index contributed by atoms with van der Waals surface area (Å²) >= 11 is 0. The molecule has 3 heterocycles. The van der Waals surface area contributed by atoms with Gasteiger partial charge in [-0.15, -0.1) is 0 Å². The number of methoxy groups -OCH3 is 2. The topological polar surface area (TPSA) is 201 Å². The van der Waals surface area contributed by atoms with E-state index in [-0.39, 0.29) is 43.7 Å². The van der Waals surface area contributed by atoms with Crippen LogP contribution in [0.5, 0.6) is 0 Å². The molecule has 3 saturated heterocycles. The van der Waals surface area contributed by atoms with Gasteiger partial charge in [0.1, 0.15) is 29.2 Å². The van der Waals surface area contributed by atoms with Crippen LogP contribution in [0.2, 0.25) is 0 Å². The first-order valence-corrected chi connectivity index (χ1v) is 22.1. The zero-order chi connectivity index (χ0) is 46.5. The quantitative estimate of drug-likeness (QED) is 0.228. The Morgan fingerprint density at radius 3 is 2.08 bits per heavy atom. The van der Waals surface area contributed by atoms with Gasteiger partial charge in [-0.25, -0.2) is 4.79 Å². The number of aliphatic hydroxyl groups is 3. The van der Waals surface area contributed by atoms with Crippen LogP contribution in [0.3, 0.4) is 0 Å². The highest BCUT2D eigenvalue weighted by molar-refractivity contribution is 5.83. The van der Waals surface area contributed by atoms with E-state index in [1.165, 1.54) is 21.1 Å². The molecule has 4 rings (SSSR count). The third-order valence-corrected chi connectivity index (χ3v) is 13.7. The number of amides is 1. The predicted molar refractivity (Wildman–Crippen MR) is 229 cm³/mol. The van der Waals surface area contributed by atoms with Gasteiger partial charge in [0.05, 0.1) is 42.0 Å². The summed E-state index contributed by atoms with van der Waals surface area (Å²) in [5.41, 5.74) is -3.52. The first kappa shape index (κ1) is 51.9. The first-order valence-electron chi connectivity index (χ1n) is 22.1. The van der Waals surface area contributed by atoms with Crippen LogP contribution in [0.25, 0.3) is 0 Å². The monoisotopic (exact) mass is 881 g/mol. The summed E-state index contributed by atoms with van der Waals surface area (Å²) in [4.78, 5) is 43.6. The molecule has 0 saturated carbocycles. The Balaban J connectivity index is 1.77. The molecule has 0 aliphatic carbocycles. The summed E-state index contributed by atoms with van der Waals surface area (Å²) in [5.74, 6) is -4.68. The zero-order valence-electron chi connectivity index (χ0n) is 39.4. The van der Waals surface area contributed by atoms with E-state index in [0.29, 0.717) is 6.42 Å². The smallest absolute Gasteiger partial charge is 0.407 e. The molecule has 4 N–H and O–H groups in total. The Hall–Kier alpha value is -2.77. The molecule has 3 fully saturated rings. The van der Waals surface area contributed by atoms with Crippen molar-refractivity contribution < 1.29 is 67.6 Å². The number of hydrogen-bond donors (Lipinski definition) is 4. The van der Waals surface area contributed by atoms with Gasteiger partial charge < -0.3 is 63.4 Å². The lowest BCUT2D eigenvalue weighted by atomic mass is 9.74. The molecule has 3 aliphatic rings. The number of cyclic esters (lactones) is 1. The molecule has 62 heavy (non-hydrogen) atoms. The predicted octanol–water partition coefficient (Wildman–Crippen LogP) is 4.37. The van der Waals surface area contributed by atoms with Crippen LogP contribution in [-0.2, 0) is 54.0 Å². The highest BCUT2D eigenvalue weighted by Gasteiger charge is 2.55. The number of ether oxygens (including phenoxy) is 8. The number of Topliss-reactive ketones (excluding diaryl/α,β-unsaturated/α-hetero) is 1. The summed E-state index contributed by atoms with van der Waals surface area (Å²) < 4.78 is 50.8. The molecule has 1 unspecified atom stereocenters. The van der Waals surface area contributed by atoms with E-state index in [1.54, 1.807) is 48.5 Å². The largest absolute Gasteiger partial charge is 0.459 e. The van der Waals surface area contributed by atoms with Crippen LogP contribution in [0, 0.1) is 23.7 Å². The molecule has 1 amide bonds. The van der Waals surface area contributed by atoms with Gasteiger partial charge in [0.25, 0.3) is 0 Å². The van der Waals surface area contributed by atoms with Crippen LogP contribution in [0.4, 0.5) is 4.79 Å². The molecule has 3 aliphatic heterocycles. The Kier molecular flexibility index (Phi) is 18.0. The number of esters is 1. The number of ketones is 1. The number of nitrogens with one attached hydrogen (secondary N) is 1. The lowest BCUT2D eigenvalue weighted by molar-refractivity contribution is -0.319. The molecule has 0 radical (unpaired) electrons. The van der Waals surface area contributed by atoms with E-state index in [1.807, 2.05) is 63.2 Å². The van der Waals surface area contributed by atoms with Crippen molar-refractivity contribution in [1.29, 1.82) is 0 Å². The van der Waals surface area contributed by atoms with Gasteiger partial charge in [-0.05, 0) is 80.5 Å². The lowest BCUT2D eigenvalue weighted by Crippen LogP contribution is -2.62. The van der Waals surface area contributed by atoms with Crippen molar-refractivity contribution >= 4 is 17.8 Å². The molecule has 0 spiro atoms. The number of benzene rings is 1. The zero-order valence-corrected chi connectivity index (χ0v) is 39.4. The number of likely N-dealkylation sites (N-methyl/N-ethyl adjacent to an activating group) is 1. The average Bonchev–Trinajstić information content (AvgIpc) is 3.23. The van der Waals surface area contributed by atoms with Gasteiger partial charge in [0.2, 0.25) is 0 Å².